The first kappa shape index (κ1) is 15.0. The van der Waals surface area contributed by atoms with Crippen LogP contribution in [0.5, 0.6) is 0 Å². The Kier molecular flexibility index (Phi) is 3.90. The van der Waals surface area contributed by atoms with Crippen molar-refractivity contribution in [3.05, 3.63) is 5.82 Å². The minimum atomic E-state index is -4.62. The third-order valence-corrected chi connectivity index (χ3v) is 4.06. The molecule has 0 spiro atoms. The molecule has 9 heteroatoms. The van der Waals surface area contributed by atoms with Crippen molar-refractivity contribution >= 4 is 22.6 Å². The molecule has 1 aliphatic carbocycles. The summed E-state index contributed by atoms with van der Waals surface area (Å²) in [7, 11) is 0. The summed E-state index contributed by atoms with van der Waals surface area (Å²) < 4.78 is 40.5. The SMILES string of the molecule is CC1CCCC(Nc2nc(C(F)(F)F)ns2)(C(=O)O)C1. The van der Waals surface area contributed by atoms with Crippen molar-refractivity contribution in [3.8, 4) is 0 Å². The first-order valence-electron chi connectivity index (χ1n) is 6.15. The first-order valence-corrected chi connectivity index (χ1v) is 6.93. The van der Waals surface area contributed by atoms with E-state index in [-0.39, 0.29) is 11.0 Å². The van der Waals surface area contributed by atoms with E-state index in [0.29, 0.717) is 30.8 Å². The number of nitrogens with zero attached hydrogens (tertiary/aromatic N) is 2. The van der Waals surface area contributed by atoms with Crippen LogP contribution >= 0.6 is 11.5 Å². The molecule has 1 aromatic rings. The molecule has 0 amide bonds. The van der Waals surface area contributed by atoms with Gasteiger partial charge in [-0.05, 0) is 18.8 Å². The Balaban J connectivity index is 2.21. The van der Waals surface area contributed by atoms with E-state index >= 15 is 0 Å². The number of anilines is 1. The number of aromatic nitrogens is 2. The van der Waals surface area contributed by atoms with Crippen LogP contribution in [-0.4, -0.2) is 26.0 Å². The summed E-state index contributed by atoms with van der Waals surface area (Å²) in [4.78, 5) is 14.8. The highest BCUT2D eigenvalue weighted by molar-refractivity contribution is 7.09. The molecule has 2 atom stereocenters. The molecule has 1 aromatic heterocycles. The fourth-order valence-corrected chi connectivity index (χ4v) is 3.19. The second-order valence-corrected chi connectivity index (χ2v) is 5.89. The molecule has 2 rings (SSSR count). The molecule has 1 aliphatic rings. The topological polar surface area (TPSA) is 75.1 Å². The number of carbonyl (C=O) groups is 1. The lowest BCUT2D eigenvalue weighted by molar-refractivity contribution is -0.144. The van der Waals surface area contributed by atoms with Crippen molar-refractivity contribution in [3.63, 3.8) is 0 Å². The summed E-state index contributed by atoms with van der Waals surface area (Å²) in [6, 6.07) is 0. The van der Waals surface area contributed by atoms with Gasteiger partial charge in [0.05, 0.1) is 0 Å². The van der Waals surface area contributed by atoms with Crippen molar-refractivity contribution in [2.75, 3.05) is 5.32 Å². The van der Waals surface area contributed by atoms with Crippen LogP contribution in [0.2, 0.25) is 0 Å². The molecule has 1 saturated carbocycles. The number of nitrogens with one attached hydrogen (secondary N) is 1. The molecule has 2 N–H and O–H groups in total. The van der Waals surface area contributed by atoms with Crippen LogP contribution < -0.4 is 5.32 Å². The number of hydrogen-bond donors (Lipinski definition) is 2. The average molecular weight is 309 g/mol. The van der Waals surface area contributed by atoms with Gasteiger partial charge in [0.1, 0.15) is 5.54 Å². The van der Waals surface area contributed by atoms with Gasteiger partial charge in [-0.25, -0.2) is 4.79 Å². The normalized spacial score (nSPS) is 27.3. The van der Waals surface area contributed by atoms with Gasteiger partial charge in [0.15, 0.2) is 0 Å². The number of halogens is 3. The summed E-state index contributed by atoms with van der Waals surface area (Å²) in [5.41, 5.74) is -1.25. The lowest BCUT2D eigenvalue weighted by atomic mass is 9.76. The van der Waals surface area contributed by atoms with E-state index < -0.39 is 23.5 Å². The maximum absolute atomic E-state index is 12.4. The monoisotopic (exact) mass is 309 g/mol. The van der Waals surface area contributed by atoms with Crippen LogP contribution in [0.1, 0.15) is 38.4 Å². The van der Waals surface area contributed by atoms with Crippen LogP contribution in [0.3, 0.4) is 0 Å². The van der Waals surface area contributed by atoms with E-state index in [0.717, 1.165) is 6.42 Å². The van der Waals surface area contributed by atoms with Gasteiger partial charge in [-0.3, -0.25) is 0 Å². The standard InChI is InChI=1S/C11H14F3N3O2S/c1-6-3-2-4-10(5-6,8(18)19)16-9-15-7(17-20-9)11(12,13)14/h6H,2-5H2,1H3,(H,18,19)(H,15,16,17). The zero-order chi connectivity index (χ0) is 15.0. The fraction of sp³-hybridized carbons (Fsp3) is 0.727. The second-order valence-electron chi connectivity index (χ2n) is 5.13. The highest BCUT2D eigenvalue weighted by Gasteiger charge is 2.43. The lowest BCUT2D eigenvalue weighted by Crippen LogP contribution is -2.49. The quantitative estimate of drug-likeness (QED) is 0.897. The summed E-state index contributed by atoms with van der Waals surface area (Å²) in [6.07, 6.45) is -2.25. The first-order chi connectivity index (χ1) is 9.23. The summed E-state index contributed by atoms with van der Waals surface area (Å²) in [5.74, 6) is -2.11. The summed E-state index contributed by atoms with van der Waals surface area (Å²) in [5, 5.41) is 12.0. The molecule has 0 bridgehead atoms. The van der Waals surface area contributed by atoms with Gasteiger partial charge in [-0.1, -0.05) is 19.8 Å². The minimum Gasteiger partial charge on any atom is -0.480 e. The average Bonchev–Trinajstić information content (AvgIpc) is 2.76. The minimum absolute atomic E-state index is 0.103. The Hall–Kier alpha value is -1.38. The van der Waals surface area contributed by atoms with E-state index in [1.54, 1.807) is 0 Å². The van der Waals surface area contributed by atoms with E-state index in [2.05, 4.69) is 14.7 Å². The van der Waals surface area contributed by atoms with Gasteiger partial charge in [-0.15, -0.1) is 0 Å². The second kappa shape index (κ2) is 5.19. The molecule has 2 unspecified atom stereocenters. The number of carboxylic acid groups (broad SMARTS) is 1. The third-order valence-electron chi connectivity index (χ3n) is 3.43. The third kappa shape index (κ3) is 3.02. The summed E-state index contributed by atoms with van der Waals surface area (Å²) >= 11 is 0.532. The number of alkyl halides is 3. The van der Waals surface area contributed by atoms with Crippen LogP contribution in [0.4, 0.5) is 18.3 Å². The molecular weight excluding hydrogens is 295 g/mol. The Morgan fingerprint density at radius 1 is 1.55 bits per heavy atom. The van der Waals surface area contributed by atoms with Gasteiger partial charge in [-0.2, -0.15) is 22.5 Å². The molecular formula is C11H14F3N3O2S. The van der Waals surface area contributed by atoms with E-state index in [1.165, 1.54) is 0 Å². The number of rotatable bonds is 3. The van der Waals surface area contributed by atoms with Gasteiger partial charge in [0, 0.05) is 11.5 Å². The number of hydrogen-bond acceptors (Lipinski definition) is 5. The highest BCUT2D eigenvalue weighted by Crippen LogP contribution is 2.36. The molecule has 0 saturated heterocycles. The molecule has 112 valence electrons. The predicted octanol–water partition coefficient (Wildman–Crippen LogP) is 3.00. The highest BCUT2D eigenvalue weighted by atomic mass is 32.1. The lowest BCUT2D eigenvalue weighted by Gasteiger charge is -2.36. The van der Waals surface area contributed by atoms with E-state index in [9.17, 15) is 23.1 Å². The van der Waals surface area contributed by atoms with Gasteiger partial charge < -0.3 is 10.4 Å². The fourth-order valence-electron chi connectivity index (χ4n) is 2.51. The number of carboxylic acids is 1. The zero-order valence-corrected chi connectivity index (χ0v) is 11.5. The zero-order valence-electron chi connectivity index (χ0n) is 10.7. The van der Waals surface area contributed by atoms with Crippen LogP contribution in [0.25, 0.3) is 0 Å². The summed E-state index contributed by atoms with van der Waals surface area (Å²) in [6.45, 7) is 1.93. The van der Waals surface area contributed by atoms with Crippen LogP contribution in [-0.2, 0) is 11.0 Å². The maximum atomic E-state index is 12.4. The molecule has 5 nitrogen and oxygen atoms in total. The molecule has 0 aliphatic heterocycles. The molecule has 0 aromatic carbocycles. The van der Waals surface area contributed by atoms with Gasteiger partial charge >= 0.3 is 12.1 Å². The van der Waals surface area contributed by atoms with Gasteiger partial charge in [0.25, 0.3) is 0 Å². The van der Waals surface area contributed by atoms with Crippen LogP contribution in [0, 0.1) is 5.92 Å². The smallest absolute Gasteiger partial charge is 0.452 e. The Labute approximate surface area is 117 Å². The van der Waals surface area contributed by atoms with Crippen molar-refractivity contribution in [1.29, 1.82) is 0 Å². The Morgan fingerprint density at radius 3 is 2.75 bits per heavy atom. The Bertz CT molecular complexity index is 505. The Morgan fingerprint density at radius 2 is 2.25 bits per heavy atom. The predicted molar refractivity (Wildman–Crippen MR) is 66.5 cm³/mol. The largest absolute Gasteiger partial charge is 0.480 e. The van der Waals surface area contributed by atoms with Crippen molar-refractivity contribution in [1.82, 2.24) is 9.36 Å². The van der Waals surface area contributed by atoms with Crippen LogP contribution in [0.15, 0.2) is 0 Å². The molecule has 0 radical (unpaired) electrons. The van der Waals surface area contributed by atoms with E-state index in [1.807, 2.05) is 6.92 Å². The number of aliphatic carboxylic acids is 1. The molecule has 20 heavy (non-hydrogen) atoms. The van der Waals surface area contributed by atoms with Crippen molar-refractivity contribution < 1.29 is 23.1 Å². The van der Waals surface area contributed by atoms with Crippen molar-refractivity contribution in [2.45, 2.75) is 44.3 Å². The maximum Gasteiger partial charge on any atom is 0.452 e. The molecule has 1 fully saturated rings. The van der Waals surface area contributed by atoms with Crippen molar-refractivity contribution in [2.24, 2.45) is 5.92 Å². The van der Waals surface area contributed by atoms with E-state index in [4.69, 9.17) is 0 Å². The molecule has 1 heterocycles. The van der Waals surface area contributed by atoms with Gasteiger partial charge in [0.2, 0.25) is 11.0 Å².